The van der Waals surface area contributed by atoms with Gasteiger partial charge in [-0.1, -0.05) is 6.07 Å². The molecule has 0 spiro atoms. The van der Waals surface area contributed by atoms with Crippen molar-refractivity contribution in [3.05, 3.63) is 68.3 Å². The van der Waals surface area contributed by atoms with Crippen LogP contribution in [-0.4, -0.2) is 42.4 Å². The minimum atomic E-state index is -0.484. The molecule has 1 heterocycles. The van der Waals surface area contributed by atoms with Gasteiger partial charge in [0.2, 0.25) is 0 Å². The smallest absolute Gasteiger partial charge is 0.293 e. The molecule has 0 unspecified atom stereocenters. The first-order valence-electron chi connectivity index (χ1n) is 8.19. The zero-order valence-electron chi connectivity index (χ0n) is 14.3. The molecule has 10 heteroatoms. The molecule has 0 radical (unpaired) electrons. The van der Waals surface area contributed by atoms with Crippen molar-refractivity contribution >= 4 is 29.0 Å². The van der Waals surface area contributed by atoms with Crippen molar-refractivity contribution in [2.24, 2.45) is 5.10 Å². The molecule has 0 aromatic heterocycles. The van der Waals surface area contributed by atoms with E-state index in [-0.39, 0.29) is 11.4 Å². The molecule has 2 aromatic carbocycles. The fourth-order valence-corrected chi connectivity index (χ4v) is 2.68. The SMILES string of the molecule is O=[N+]([O-])c1ccc(N/N=C/c2ccc(N3CCOCC3)c([N+](=O)[O-])c2)cc1. The summed E-state index contributed by atoms with van der Waals surface area (Å²) in [4.78, 5) is 23.1. The number of hydrogen-bond donors (Lipinski definition) is 1. The third-order valence-corrected chi connectivity index (χ3v) is 4.03. The third-order valence-electron chi connectivity index (χ3n) is 4.03. The van der Waals surface area contributed by atoms with Gasteiger partial charge in [0.15, 0.2) is 0 Å². The molecule has 27 heavy (non-hydrogen) atoms. The number of nitro groups is 2. The molecule has 1 saturated heterocycles. The zero-order valence-corrected chi connectivity index (χ0v) is 14.3. The van der Waals surface area contributed by atoms with Crippen LogP contribution in [-0.2, 0) is 4.74 Å². The molecule has 0 aliphatic carbocycles. The van der Waals surface area contributed by atoms with Gasteiger partial charge >= 0.3 is 0 Å². The monoisotopic (exact) mass is 371 g/mol. The number of ether oxygens (including phenoxy) is 1. The molecule has 1 fully saturated rings. The summed E-state index contributed by atoms with van der Waals surface area (Å²) in [5.41, 5.74) is 4.42. The van der Waals surface area contributed by atoms with E-state index in [2.05, 4.69) is 10.5 Å². The number of hydrogen-bond acceptors (Lipinski definition) is 8. The largest absolute Gasteiger partial charge is 0.378 e. The van der Waals surface area contributed by atoms with E-state index in [9.17, 15) is 20.2 Å². The molecular formula is C17H17N5O5. The van der Waals surface area contributed by atoms with E-state index in [1.54, 1.807) is 12.1 Å². The van der Waals surface area contributed by atoms with Crippen molar-refractivity contribution in [2.45, 2.75) is 0 Å². The number of rotatable bonds is 6. The zero-order chi connectivity index (χ0) is 19.2. The molecule has 1 aliphatic heterocycles. The van der Waals surface area contributed by atoms with Gasteiger partial charge in [0.05, 0.1) is 35.0 Å². The molecular weight excluding hydrogens is 354 g/mol. The number of benzene rings is 2. The van der Waals surface area contributed by atoms with Crippen LogP contribution < -0.4 is 10.3 Å². The standard InChI is InChI=1S/C17H17N5O5/c23-21(24)15-4-2-14(3-5-15)19-18-12-13-1-6-16(17(11-13)22(25)26)20-7-9-27-10-8-20/h1-6,11-12,19H,7-10H2/b18-12+. The summed E-state index contributed by atoms with van der Waals surface area (Å²) in [6, 6.07) is 10.7. The minimum absolute atomic E-state index is 0.0104. The van der Waals surface area contributed by atoms with Gasteiger partial charge in [-0.3, -0.25) is 25.7 Å². The van der Waals surface area contributed by atoms with Gasteiger partial charge in [0.25, 0.3) is 11.4 Å². The summed E-state index contributed by atoms with van der Waals surface area (Å²) in [5.74, 6) is 0. The van der Waals surface area contributed by atoms with E-state index >= 15 is 0 Å². The summed E-state index contributed by atoms with van der Waals surface area (Å²) >= 11 is 0. The minimum Gasteiger partial charge on any atom is -0.378 e. The molecule has 0 atom stereocenters. The first-order chi connectivity index (χ1) is 13.0. The van der Waals surface area contributed by atoms with Gasteiger partial charge in [-0.2, -0.15) is 5.10 Å². The van der Waals surface area contributed by atoms with E-state index < -0.39 is 9.85 Å². The summed E-state index contributed by atoms with van der Waals surface area (Å²) < 4.78 is 5.28. The second-order valence-corrected chi connectivity index (χ2v) is 5.78. The fraction of sp³-hybridized carbons (Fsp3) is 0.235. The van der Waals surface area contributed by atoms with Crippen molar-refractivity contribution in [1.29, 1.82) is 0 Å². The maximum atomic E-state index is 11.4. The summed E-state index contributed by atoms with van der Waals surface area (Å²) in [6.07, 6.45) is 1.46. The molecule has 1 aliphatic rings. The highest BCUT2D eigenvalue weighted by Gasteiger charge is 2.21. The maximum Gasteiger partial charge on any atom is 0.293 e. The van der Waals surface area contributed by atoms with E-state index in [1.807, 2.05) is 4.90 Å². The van der Waals surface area contributed by atoms with Gasteiger partial charge in [-0.25, -0.2) is 0 Å². The fourth-order valence-electron chi connectivity index (χ4n) is 2.68. The number of anilines is 2. The highest BCUT2D eigenvalue weighted by atomic mass is 16.6. The van der Waals surface area contributed by atoms with Gasteiger partial charge in [0, 0.05) is 36.9 Å². The molecule has 10 nitrogen and oxygen atoms in total. The molecule has 1 N–H and O–H groups in total. The van der Waals surface area contributed by atoms with Gasteiger partial charge < -0.3 is 9.64 Å². The normalized spacial score (nSPS) is 14.3. The van der Waals surface area contributed by atoms with E-state index in [0.29, 0.717) is 43.2 Å². The average Bonchev–Trinajstić information content (AvgIpc) is 2.69. The Morgan fingerprint density at radius 2 is 1.74 bits per heavy atom. The average molecular weight is 371 g/mol. The Morgan fingerprint density at radius 3 is 2.37 bits per heavy atom. The van der Waals surface area contributed by atoms with Crippen LogP contribution in [0.2, 0.25) is 0 Å². The first kappa shape index (κ1) is 18.3. The lowest BCUT2D eigenvalue weighted by molar-refractivity contribution is -0.384. The van der Waals surface area contributed by atoms with Crippen molar-refractivity contribution in [3.8, 4) is 0 Å². The van der Waals surface area contributed by atoms with Crippen LogP contribution in [0.1, 0.15) is 5.56 Å². The lowest BCUT2D eigenvalue weighted by Gasteiger charge is -2.28. The van der Waals surface area contributed by atoms with Crippen molar-refractivity contribution in [1.82, 2.24) is 0 Å². The summed E-state index contributed by atoms with van der Waals surface area (Å²) in [5, 5.41) is 26.1. The van der Waals surface area contributed by atoms with E-state index in [1.165, 1.54) is 36.5 Å². The Bertz CT molecular complexity index is 863. The highest BCUT2D eigenvalue weighted by molar-refractivity contribution is 5.83. The van der Waals surface area contributed by atoms with E-state index in [0.717, 1.165) is 0 Å². The number of non-ortho nitro benzene ring substituents is 1. The Labute approximate surface area is 154 Å². The van der Waals surface area contributed by atoms with E-state index in [4.69, 9.17) is 4.74 Å². The van der Waals surface area contributed by atoms with Crippen LogP contribution in [0.3, 0.4) is 0 Å². The molecule has 140 valence electrons. The Kier molecular flexibility index (Phi) is 5.57. The lowest BCUT2D eigenvalue weighted by Crippen LogP contribution is -2.36. The summed E-state index contributed by atoms with van der Waals surface area (Å²) in [6.45, 7) is 2.30. The van der Waals surface area contributed by atoms with Crippen LogP contribution in [0.25, 0.3) is 0 Å². The number of hydrazone groups is 1. The molecule has 3 rings (SSSR count). The molecule has 2 aromatic rings. The van der Waals surface area contributed by atoms with Crippen molar-refractivity contribution < 1.29 is 14.6 Å². The number of nitrogens with zero attached hydrogens (tertiary/aromatic N) is 4. The first-order valence-corrected chi connectivity index (χ1v) is 8.19. The second kappa shape index (κ2) is 8.23. The Hall–Kier alpha value is -3.53. The van der Waals surface area contributed by atoms with Gasteiger partial charge in [-0.15, -0.1) is 0 Å². The van der Waals surface area contributed by atoms with Gasteiger partial charge in [-0.05, 0) is 18.2 Å². The predicted octanol–water partition coefficient (Wildman–Crippen LogP) is 2.79. The van der Waals surface area contributed by atoms with Crippen molar-refractivity contribution in [2.75, 3.05) is 36.6 Å². The highest BCUT2D eigenvalue weighted by Crippen LogP contribution is 2.29. The lowest BCUT2D eigenvalue weighted by atomic mass is 10.1. The summed E-state index contributed by atoms with van der Waals surface area (Å²) in [7, 11) is 0. The molecule has 0 saturated carbocycles. The maximum absolute atomic E-state index is 11.4. The molecule has 0 bridgehead atoms. The predicted molar refractivity (Wildman–Crippen MR) is 100 cm³/mol. The number of morpholine rings is 1. The Balaban J connectivity index is 1.72. The van der Waals surface area contributed by atoms with Crippen LogP contribution in [0.4, 0.5) is 22.7 Å². The topological polar surface area (TPSA) is 123 Å². The molecule has 0 amide bonds. The second-order valence-electron chi connectivity index (χ2n) is 5.78. The number of nitro benzene ring substituents is 2. The van der Waals surface area contributed by atoms with Crippen LogP contribution in [0.15, 0.2) is 47.6 Å². The number of nitrogens with one attached hydrogen (secondary N) is 1. The Morgan fingerprint density at radius 1 is 1.04 bits per heavy atom. The van der Waals surface area contributed by atoms with Crippen LogP contribution in [0.5, 0.6) is 0 Å². The van der Waals surface area contributed by atoms with Crippen LogP contribution >= 0.6 is 0 Å². The third kappa shape index (κ3) is 4.55. The van der Waals surface area contributed by atoms with Crippen molar-refractivity contribution in [3.63, 3.8) is 0 Å². The quantitative estimate of drug-likeness (QED) is 0.470. The van der Waals surface area contributed by atoms with Gasteiger partial charge in [0.1, 0.15) is 5.69 Å². The van der Waals surface area contributed by atoms with Crippen LogP contribution in [0, 0.1) is 20.2 Å².